The fraction of sp³-hybridized carbons (Fsp3) is 0.118. The van der Waals surface area contributed by atoms with Crippen LogP contribution in [0.25, 0.3) is 11.3 Å². The zero-order chi connectivity index (χ0) is 16.1. The fourth-order valence-corrected chi connectivity index (χ4v) is 3.13. The number of hydrogen-bond donors (Lipinski definition) is 1. The molecule has 116 valence electrons. The minimum atomic E-state index is -0.167. The highest BCUT2D eigenvalue weighted by molar-refractivity contribution is 7.09. The third-order valence-corrected chi connectivity index (χ3v) is 4.49. The van der Waals surface area contributed by atoms with E-state index in [1.165, 1.54) is 0 Å². The van der Waals surface area contributed by atoms with E-state index in [1.807, 2.05) is 17.5 Å². The van der Waals surface area contributed by atoms with Crippen molar-refractivity contribution in [3.05, 3.63) is 69.8 Å². The first-order chi connectivity index (χ1) is 11.2. The number of amides is 1. The second-order valence-corrected chi connectivity index (χ2v) is 6.20. The van der Waals surface area contributed by atoms with E-state index < -0.39 is 0 Å². The Morgan fingerprint density at radius 3 is 2.87 bits per heavy atom. The molecule has 0 radical (unpaired) electrons. The molecule has 1 aromatic carbocycles. The molecule has 3 aromatic rings. The molecule has 0 spiro atoms. The Morgan fingerprint density at radius 1 is 1.22 bits per heavy atom. The lowest BCUT2D eigenvalue weighted by Gasteiger charge is -2.05. The van der Waals surface area contributed by atoms with Crippen molar-refractivity contribution in [1.82, 2.24) is 15.3 Å². The summed E-state index contributed by atoms with van der Waals surface area (Å²) in [6.45, 7) is 0.518. The Balaban J connectivity index is 1.56. The highest BCUT2D eigenvalue weighted by Gasteiger charge is 2.09. The topological polar surface area (TPSA) is 54.9 Å². The molecule has 1 N–H and O–H groups in total. The number of hydrogen-bond acceptors (Lipinski definition) is 4. The van der Waals surface area contributed by atoms with Crippen molar-refractivity contribution in [2.75, 3.05) is 6.54 Å². The van der Waals surface area contributed by atoms with E-state index in [2.05, 4.69) is 15.3 Å². The van der Waals surface area contributed by atoms with Gasteiger partial charge in [0.05, 0.1) is 21.3 Å². The predicted molar refractivity (Wildman–Crippen MR) is 92.8 cm³/mol. The molecule has 2 aromatic heterocycles. The van der Waals surface area contributed by atoms with Gasteiger partial charge in [0, 0.05) is 36.3 Å². The fourth-order valence-electron chi connectivity index (χ4n) is 2.10. The molecule has 0 bridgehead atoms. The number of carbonyl (C=O) groups is 1. The van der Waals surface area contributed by atoms with Gasteiger partial charge >= 0.3 is 0 Å². The summed E-state index contributed by atoms with van der Waals surface area (Å²) in [4.78, 5) is 20.7. The molecular formula is C17H14ClN3OS. The van der Waals surface area contributed by atoms with Gasteiger partial charge in [0.2, 0.25) is 0 Å². The van der Waals surface area contributed by atoms with E-state index in [0.717, 1.165) is 16.3 Å². The van der Waals surface area contributed by atoms with Crippen LogP contribution in [0.1, 0.15) is 15.4 Å². The van der Waals surface area contributed by atoms with Gasteiger partial charge < -0.3 is 5.32 Å². The minimum absolute atomic E-state index is 0.167. The summed E-state index contributed by atoms with van der Waals surface area (Å²) in [7, 11) is 0. The van der Waals surface area contributed by atoms with Crippen molar-refractivity contribution >= 4 is 28.8 Å². The van der Waals surface area contributed by atoms with Crippen LogP contribution in [0.15, 0.2) is 54.2 Å². The summed E-state index contributed by atoms with van der Waals surface area (Å²) in [6, 6.07) is 10.9. The van der Waals surface area contributed by atoms with Gasteiger partial charge in [0.15, 0.2) is 0 Å². The quantitative estimate of drug-likeness (QED) is 0.766. The van der Waals surface area contributed by atoms with Crippen LogP contribution in [-0.2, 0) is 6.42 Å². The SMILES string of the molecule is O=C(NCCc1nc(-c2cccnc2)cs1)c1ccccc1Cl. The molecule has 0 unspecified atom stereocenters. The number of aromatic nitrogens is 2. The molecule has 4 nitrogen and oxygen atoms in total. The monoisotopic (exact) mass is 343 g/mol. The van der Waals surface area contributed by atoms with Crippen LogP contribution >= 0.6 is 22.9 Å². The number of pyridine rings is 1. The van der Waals surface area contributed by atoms with Gasteiger partial charge in [-0.1, -0.05) is 23.7 Å². The van der Waals surface area contributed by atoms with Crippen molar-refractivity contribution in [2.24, 2.45) is 0 Å². The van der Waals surface area contributed by atoms with Crippen LogP contribution in [0.5, 0.6) is 0 Å². The lowest BCUT2D eigenvalue weighted by molar-refractivity contribution is 0.0954. The van der Waals surface area contributed by atoms with Gasteiger partial charge in [-0.2, -0.15) is 0 Å². The van der Waals surface area contributed by atoms with Crippen LogP contribution in [-0.4, -0.2) is 22.4 Å². The maximum Gasteiger partial charge on any atom is 0.252 e. The third-order valence-electron chi connectivity index (χ3n) is 3.25. The molecule has 0 saturated carbocycles. The Bertz CT molecular complexity index is 804. The molecule has 23 heavy (non-hydrogen) atoms. The minimum Gasteiger partial charge on any atom is -0.352 e. The first-order valence-corrected chi connectivity index (χ1v) is 8.37. The molecule has 0 fully saturated rings. The van der Waals surface area contributed by atoms with Gasteiger partial charge in [0.25, 0.3) is 5.91 Å². The van der Waals surface area contributed by atoms with Gasteiger partial charge in [-0.25, -0.2) is 4.98 Å². The maximum atomic E-state index is 12.1. The smallest absolute Gasteiger partial charge is 0.252 e. The van der Waals surface area contributed by atoms with Crippen LogP contribution in [0.4, 0.5) is 0 Å². The molecule has 3 rings (SSSR count). The van der Waals surface area contributed by atoms with Crippen molar-refractivity contribution in [3.8, 4) is 11.3 Å². The normalized spacial score (nSPS) is 10.5. The van der Waals surface area contributed by atoms with Gasteiger partial charge in [-0.05, 0) is 24.3 Å². The molecule has 0 aliphatic rings. The number of benzene rings is 1. The molecular weight excluding hydrogens is 330 g/mol. The highest BCUT2D eigenvalue weighted by Crippen LogP contribution is 2.21. The standard InChI is InChI=1S/C17H14ClN3OS/c18-14-6-2-1-5-13(14)17(22)20-9-7-16-21-15(11-23-16)12-4-3-8-19-10-12/h1-6,8,10-11H,7,9H2,(H,20,22). The number of rotatable bonds is 5. The van der Waals surface area contributed by atoms with Crippen molar-refractivity contribution in [2.45, 2.75) is 6.42 Å². The Hall–Kier alpha value is -2.24. The second kappa shape index (κ2) is 7.35. The number of nitrogens with zero attached hydrogens (tertiary/aromatic N) is 2. The Morgan fingerprint density at radius 2 is 2.09 bits per heavy atom. The zero-order valence-corrected chi connectivity index (χ0v) is 13.8. The first kappa shape index (κ1) is 15.6. The van der Waals surface area contributed by atoms with Gasteiger partial charge in [-0.3, -0.25) is 9.78 Å². The average molecular weight is 344 g/mol. The van der Waals surface area contributed by atoms with E-state index in [0.29, 0.717) is 23.6 Å². The summed E-state index contributed by atoms with van der Waals surface area (Å²) in [5.74, 6) is -0.167. The Labute approximate surface area is 143 Å². The molecule has 0 aliphatic heterocycles. The van der Waals surface area contributed by atoms with Crippen LogP contribution in [0.2, 0.25) is 5.02 Å². The summed E-state index contributed by atoms with van der Waals surface area (Å²) in [5, 5.41) is 6.30. The van der Waals surface area contributed by atoms with E-state index in [9.17, 15) is 4.79 Å². The number of carbonyl (C=O) groups excluding carboxylic acids is 1. The molecule has 6 heteroatoms. The number of nitrogens with one attached hydrogen (secondary N) is 1. The summed E-state index contributed by atoms with van der Waals surface area (Å²) >= 11 is 7.59. The van der Waals surface area contributed by atoms with Crippen LogP contribution in [0, 0.1) is 0 Å². The zero-order valence-electron chi connectivity index (χ0n) is 12.2. The second-order valence-electron chi connectivity index (χ2n) is 4.85. The number of thiazole rings is 1. The summed E-state index contributed by atoms with van der Waals surface area (Å²) in [5.41, 5.74) is 2.40. The molecule has 0 atom stereocenters. The molecule has 0 saturated heterocycles. The van der Waals surface area contributed by atoms with E-state index >= 15 is 0 Å². The summed E-state index contributed by atoms with van der Waals surface area (Å²) < 4.78 is 0. The van der Waals surface area contributed by atoms with E-state index in [1.54, 1.807) is 48.0 Å². The van der Waals surface area contributed by atoms with Crippen molar-refractivity contribution in [1.29, 1.82) is 0 Å². The Kier molecular flexibility index (Phi) is 5.00. The lowest BCUT2D eigenvalue weighted by Crippen LogP contribution is -2.25. The van der Waals surface area contributed by atoms with E-state index in [4.69, 9.17) is 11.6 Å². The molecule has 0 aliphatic carbocycles. The van der Waals surface area contributed by atoms with Crippen molar-refractivity contribution < 1.29 is 4.79 Å². The largest absolute Gasteiger partial charge is 0.352 e. The highest BCUT2D eigenvalue weighted by atomic mass is 35.5. The number of halogens is 1. The summed E-state index contributed by atoms with van der Waals surface area (Å²) in [6.07, 6.45) is 4.21. The van der Waals surface area contributed by atoms with Gasteiger partial charge in [-0.15, -0.1) is 11.3 Å². The maximum absolute atomic E-state index is 12.1. The van der Waals surface area contributed by atoms with Crippen molar-refractivity contribution in [3.63, 3.8) is 0 Å². The predicted octanol–water partition coefficient (Wildman–Crippen LogP) is 3.83. The third kappa shape index (κ3) is 3.94. The molecule has 1 amide bonds. The van der Waals surface area contributed by atoms with E-state index in [-0.39, 0.29) is 5.91 Å². The van der Waals surface area contributed by atoms with Crippen LogP contribution in [0.3, 0.4) is 0 Å². The first-order valence-electron chi connectivity index (χ1n) is 7.11. The molecule has 2 heterocycles. The lowest BCUT2D eigenvalue weighted by atomic mass is 10.2. The average Bonchev–Trinajstić information content (AvgIpc) is 3.05. The van der Waals surface area contributed by atoms with Crippen LogP contribution < -0.4 is 5.32 Å². The van der Waals surface area contributed by atoms with Gasteiger partial charge in [0.1, 0.15) is 0 Å².